The first-order valence-corrected chi connectivity index (χ1v) is 8.39. The molecule has 7 heteroatoms. The molecule has 0 aliphatic rings. The molecule has 28 heavy (non-hydrogen) atoms. The number of ether oxygens (including phenoxy) is 1. The minimum atomic E-state index is -1.27. The lowest BCUT2D eigenvalue weighted by atomic mass is 10.1. The summed E-state index contributed by atoms with van der Waals surface area (Å²) < 4.78 is 47.7. The molecule has 2 aromatic carbocycles. The van der Waals surface area contributed by atoms with Crippen molar-refractivity contribution in [2.75, 3.05) is 6.61 Å². The number of aryl methyl sites for hydroxylation is 1. The maximum absolute atomic E-state index is 14.1. The number of hydrogen-bond acceptors (Lipinski definition) is 3. The summed E-state index contributed by atoms with van der Waals surface area (Å²) in [5, 5.41) is 0. The van der Waals surface area contributed by atoms with Gasteiger partial charge < -0.3 is 9.30 Å². The largest absolute Gasteiger partial charge is 0.454 e. The lowest BCUT2D eigenvalue weighted by molar-refractivity contribution is 0.0465. The zero-order valence-electron chi connectivity index (χ0n) is 15.1. The Morgan fingerprint density at radius 3 is 2.18 bits per heavy atom. The Kier molecular flexibility index (Phi) is 5.35. The van der Waals surface area contributed by atoms with Crippen LogP contribution >= 0.6 is 0 Å². The highest BCUT2D eigenvalue weighted by Crippen LogP contribution is 2.23. The van der Waals surface area contributed by atoms with Crippen molar-refractivity contribution in [2.45, 2.75) is 13.8 Å². The van der Waals surface area contributed by atoms with Gasteiger partial charge in [-0.2, -0.15) is 0 Å². The van der Waals surface area contributed by atoms with Gasteiger partial charge in [0, 0.05) is 17.0 Å². The van der Waals surface area contributed by atoms with Gasteiger partial charge in [-0.15, -0.1) is 0 Å². The molecule has 0 bridgehead atoms. The van der Waals surface area contributed by atoms with Crippen LogP contribution in [0.3, 0.4) is 0 Å². The van der Waals surface area contributed by atoms with Crippen molar-refractivity contribution < 1.29 is 27.5 Å². The average molecular weight is 387 g/mol. The van der Waals surface area contributed by atoms with Crippen molar-refractivity contribution in [3.63, 3.8) is 0 Å². The summed E-state index contributed by atoms with van der Waals surface area (Å²) in [5.74, 6) is -4.44. The predicted molar refractivity (Wildman–Crippen MR) is 96.2 cm³/mol. The Morgan fingerprint density at radius 1 is 0.929 bits per heavy atom. The van der Waals surface area contributed by atoms with E-state index in [2.05, 4.69) is 0 Å². The Labute approximate surface area is 159 Å². The fourth-order valence-electron chi connectivity index (χ4n) is 3.02. The molecule has 0 saturated carbocycles. The number of rotatable bonds is 5. The summed E-state index contributed by atoms with van der Waals surface area (Å²) in [5.41, 5.74) is 0.717. The minimum absolute atomic E-state index is 0.225. The molecule has 144 valence electrons. The topological polar surface area (TPSA) is 48.3 Å². The van der Waals surface area contributed by atoms with Crippen molar-refractivity contribution in [3.05, 3.63) is 88.5 Å². The Balaban J connectivity index is 1.82. The van der Waals surface area contributed by atoms with Crippen LogP contribution in [0.2, 0.25) is 0 Å². The van der Waals surface area contributed by atoms with Crippen LogP contribution in [0.1, 0.15) is 32.1 Å². The maximum atomic E-state index is 14.1. The third-order valence-electron chi connectivity index (χ3n) is 4.33. The molecule has 1 heterocycles. The molecule has 0 radical (unpaired) electrons. The predicted octanol–water partition coefficient (Wildman–Crippen LogP) is 4.55. The van der Waals surface area contributed by atoms with Crippen LogP contribution in [-0.4, -0.2) is 22.9 Å². The number of ketones is 1. The van der Waals surface area contributed by atoms with Gasteiger partial charge in [0.1, 0.15) is 23.0 Å². The molecule has 1 aromatic heterocycles. The molecule has 0 fully saturated rings. The molecule has 0 amide bonds. The van der Waals surface area contributed by atoms with Gasteiger partial charge in [-0.3, -0.25) is 4.79 Å². The number of aromatic nitrogens is 1. The van der Waals surface area contributed by atoms with Crippen molar-refractivity contribution in [2.24, 2.45) is 0 Å². The molecule has 0 aliphatic carbocycles. The first-order valence-electron chi connectivity index (χ1n) is 8.39. The highest BCUT2D eigenvalue weighted by atomic mass is 19.1. The van der Waals surface area contributed by atoms with Crippen LogP contribution in [0, 0.1) is 31.3 Å². The first kappa shape index (κ1) is 19.4. The van der Waals surface area contributed by atoms with E-state index in [0.29, 0.717) is 11.4 Å². The first-order chi connectivity index (χ1) is 13.3. The zero-order chi connectivity index (χ0) is 20.4. The second kappa shape index (κ2) is 7.72. The number of benzene rings is 2. The van der Waals surface area contributed by atoms with Crippen LogP contribution in [0.4, 0.5) is 13.2 Å². The molecule has 3 rings (SSSR count). The van der Waals surface area contributed by atoms with Crippen molar-refractivity contribution in [1.29, 1.82) is 0 Å². The summed E-state index contributed by atoms with van der Waals surface area (Å²) in [7, 11) is 0. The minimum Gasteiger partial charge on any atom is -0.454 e. The number of esters is 1. The highest BCUT2D eigenvalue weighted by Gasteiger charge is 2.22. The molecule has 0 saturated heterocycles. The van der Waals surface area contributed by atoms with E-state index in [-0.39, 0.29) is 11.3 Å². The summed E-state index contributed by atoms with van der Waals surface area (Å²) in [4.78, 5) is 24.4. The van der Waals surface area contributed by atoms with E-state index in [1.807, 2.05) is 0 Å². The third kappa shape index (κ3) is 3.55. The van der Waals surface area contributed by atoms with E-state index < -0.39 is 41.4 Å². The van der Waals surface area contributed by atoms with Gasteiger partial charge in [-0.05, 0) is 44.2 Å². The van der Waals surface area contributed by atoms with Gasteiger partial charge >= 0.3 is 5.97 Å². The van der Waals surface area contributed by atoms with Crippen LogP contribution in [-0.2, 0) is 4.74 Å². The normalized spacial score (nSPS) is 10.8. The lowest BCUT2D eigenvalue weighted by Gasteiger charge is -2.11. The zero-order valence-corrected chi connectivity index (χ0v) is 15.1. The highest BCUT2D eigenvalue weighted by molar-refractivity contribution is 6.00. The summed E-state index contributed by atoms with van der Waals surface area (Å²) in [6.45, 7) is 2.64. The van der Waals surface area contributed by atoms with E-state index >= 15 is 0 Å². The molecule has 3 aromatic rings. The van der Waals surface area contributed by atoms with Gasteiger partial charge in [0.05, 0.1) is 5.69 Å². The standard InChI is InChI=1S/C21H16F3NO3/c1-12-10-14(13(2)25(12)18-9-4-3-6-15(18)22)19(26)11-28-21(27)20-16(23)7-5-8-17(20)24/h3-10H,11H2,1-2H3. The van der Waals surface area contributed by atoms with E-state index in [0.717, 1.165) is 18.2 Å². The summed E-state index contributed by atoms with van der Waals surface area (Å²) in [6, 6.07) is 10.6. The molecule has 0 atom stereocenters. The van der Waals surface area contributed by atoms with Gasteiger partial charge in [0.2, 0.25) is 5.78 Å². The second-order valence-electron chi connectivity index (χ2n) is 6.17. The number of Topliss-reactive ketones (excluding diaryl/α,β-unsaturated/α-hetero) is 1. The molecule has 0 aliphatic heterocycles. The third-order valence-corrected chi connectivity index (χ3v) is 4.33. The van der Waals surface area contributed by atoms with Crippen molar-refractivity contribution in [3.8, 4) is 5.69 Å². The Morgan fingerprint density at radius 2 is 1.54 bits per heavy atom. The molecular weight excluding hydrogens is 371 g/mol. The molecule has 0 spiro atoms. The van der Waals surface area contributed by atoms with Crippen LogP contribution in [0.5, 0.6) is 0 Å². The Bertz CT molecular complexity index is 1050. The van der Waals surface area contributed by atoms with Gasteiger partial charge in [-0.1, -0.05) is 18.2 Å². The maximum Gasteiger partial charge on any atom is 0.344 e. The summed E-state index contributed by atoms with van der Waals surface area (Å²) >= 11 is 0. The average Bonchev–Trinajstić information content (AvgIpc) is 2.94. The van der Waals surface area contributed by atoms with Crippen molar-refractivity contribution in [1.82, 2.24) is 4.57 Å². The van der Waals surface area contributed by atoms with E-state index in [1.54, 1.807) is 42.7 Å². The lowest BCUT2D eigenvalue weighted by Crippen LogP contribution is -2.17. The van der Waals surface area contributed by atoms with Gasteiger partial charge in [0.25, 0.3) is 0 Å². The summed E-state index contributed by atoms with van der Waals surface area (Å²) in [6.07, 6.45) is 0. The number of nitrogens with zero attached hydrogens (tertiary/aromatic N) is 1. The molecule has 0 unspecified atom stereocenters. The molecule has 4 nitrogen and oxygen atoms in total. The number of para-hydroxylation sites is 1. The van der Waals surface area contributed by atoms with Crippen LogP contribution in [0.15, 0.2) is 48.5 Å². The molecular formula is C21H16F3NO3. The van der Waals surface area contributed by atoms with Crippen LogP contribution < -0.4 is 0 Å². The van der Waals surface area contributed by atoms with Crippen molar-refractivity contribution >= 4 is 11.8 Å². The van der Waals surface area contributed by atoms with Gasteiger partial charge in [0.15, 0.2) is 6.61 Å². The van der Waals surface area contributed by atoms with Gasteiger partial charge in [-0.25, -0.2) is 18.0 Å². The SMILES string of the molecule is Cc1cc(C(=O)COC(=O)c2c(F)cccc2F)c(C)n1-c1ccccc1F. The van der Waals surface area contributed by atoms with Crippen LogP contribution in [0.25, 0.3) is 5.69 Å². The quantitative estimate of drug-likeness (QED) is 0.477. The second-order valence-corrected chi connectivity index (χ2v) is 6.17. The van der Waals surface area contributed by atoms with E-state index in [4.69, 9.17) is 4.74 Å². The monoisotopic (exact) mass is 387 g/mol. The van der Waals surface area contributed by atoms with E-state index in [9.17, 15) is 22.8 Å². The fraction of sp³-hybridized carbons (Fsp3) is 0.143. The number of hydrogen-bond donors (Lipinski definition) is 0. The number of carbonyl (C=O) groups is 2. The number of carbonyl (C=O) groups excluding carboxylic acids is 2. The fourth-order valence-corrected chi connectivity index (χ4v) is 3.02. The number of halogens is 3. The smallest absolute Gasteiger partial charge is 0.344 e. The Hall–Kier alpha value is -3.35. The molecule has 0 N–H and O–H groups in total. The van der Waals surface area contributed by atoms with E-state index in [1.165, 1.54) is 6.07 Å².